The van der Waals surface area contributed by atoms with Crippen LogP contribution in [0.5, 0.6) is 0 Å². The lowest BCUT2D eigenvalue weighted by molar-refractivity contribution is 0.109. The third-order valence-corrected chi connectivity index (χ3v) is 2.77. The van der Waals surface area contributed by atoms with Crippen molar-refractivity contribution in [2.75, 3.05) is 6.61 Å². The molecule has 16 heavy (non-hydrogen) atoms. The minimum absolute atomic E-state index is 0.0694. The van der Waals surface area contributed by atoms with Gasteiger partial charge in [0.25, 0.3) is 0 Å². The van der Waals surface area contributed by atoms with Gasteiger partial charge in [-0.25, -0.2) is 4.39 Å². The Balaban J connectivity index is 2.06. The van der Waals surface area contributed by atoms with E-state index in [0.29, 0.717) is 13.0 Å². The molecule has 86 valence electrons. The Morgan fingerprint density at radius 3 is 2.75 bits per heavy atom. The van der Waals surface area contributed by atoms with Crippen molar-refractivity contribution in [2.24, 2.45) is 16.8 Å². The molecule has 1 aliphatic heterocycles. The third kappa shape index (κ3) is 2.14. The molecule has 0 amide bonds. The second-order valence-electron chi connectivity index (χ2n) is 3.83. The lowest BCUT2D eigenvalue weighted by Gasteiger charge is -2.09. The second kappa shape index (κ2) is 4.49. The maximum absolute atomic E-state index is 12.7. The van der Waals surface area contributed by atoms with Crippen LogP contribution in [-0.4, -0.2) is 17.6 Å². The number of benzene rings is 1. The van der Waals surface area contributed by atoms with Gasteiger partial charge < -0.3 is 15.7 Å². The zero-order valence-corrected chi connectivity index (χ0v) is 8.64. The molecule has 2 atom stereocenters. The van der Waals surface area contributed by atoms with Gasteiger partial charge in [-0.1, -0.05) is 17.3 Å². The lowest BCUT2D eigenvalue weighted by Crippen LogP contribution is -2.23. The van der Waals surface area contributed by atoms with E-state index in [4.69, 9.17) is 15.7 Å². The van der Waals surface area contributed by atoms with Crippen LogP contribution in [0, 0.1) is 11.7 Å². The first-order chi connectivity index (χ1) is 7.70. The van der Waals surface area contributed by atoms with Crippen molar-refractivity contribution in [1.29, 1.82) is 0 Å². The van der Waals surface area contributed by atoms with Crippen LogP contribution in [-0.2, 0) is 4.74 Å². The van der Waals surface area contributed by atoms with E-state index < -0.39 is 0 Å². The summed E-state index contributed by atoms with van der Waals surface area (Å²) in [5.74, 6) is -0.153. The van der Waals surface area contributed by atoms with E-state index in [1.54, 1.807) is 12.1 Å². The summed E-state index contributed by atoms with van der Waals surface area (Å²) in [5, 5.41) is 11.5. The molecule has 3 N–H and O–H groups in total. The van der Waals surface area contributed by atoms with Gasteiger partial charge in [0.2, 0.25) is 0 Å². The highest BCUT2D eigenvalue weighted by Gasteiger charge is 2.29. The summed E-state index contributed by atoms with van der Waals surface area (Å²) >= 11 is 0. The number of oxime groups is 1. The van der Waals surface area contributed by atoms with Gasteiger partial charge in [-0.3, -0.25) is 0 Å². The summed E-state index contributed by atoms with van der Waals surface area (Å²) in [6.07, 6.45) is 0.549. The van der Waals surface area contributed by atoms with Crippen LogP contribution in [0.3, 0.4) is 0 Å². The molecule has 0 spiro atoms. The summed E-state index contributed by atoms with van der Waals surface area (Å²) in [7, 11) is 0. The number of amidine groups is 1. The van der Waals surface area contributed by atoms with Gasteiger partial charge in [-0.05, 0) is 24.1 Å². The van der Waals surface area contributed by atoms with E-state index >= 15 is 0 Å². The quantitative estimate of drug-likeness (QED) is 0.347. The van der Waals surface area contributed by atoms with E-state index in [0.717, 1.165) is 5.56 Å². The first kappa shape index (κ1) is 10.9. The van der Waals surface area contributed by atoms with Gasteiger partial charge in [-0.15, -0.1) is 0 Å². The van der Waals surface area contributed by atoms with Gasteiger partial charge in [0.1, 0.15) is 11.7 Å². The number of rotatable bonds is 2. The van der Waals surface area contributed by atoms with Crippen molar-refractivity contribution in [2.45, 2.75) is 12.5 Å². The lowest BCUT2D eigenvalue weighted by atomic mass is 10.00. The number of nitrogens with zero attached hydrogens (tertiary/aromatic N) is 1. The number of halogens is 1. The molecule has 0 saturated carbocycles. The zero-order valence-electron chi connectivity index (χ0n) is 8.64. The Labute approximate surface area is 92.5 Å². The van der Waals surface area contributed by atoms with Crippen LogP contribution in [0.1, 0.15) is 18.1 Å². The Hall–Kier alpha value is -1.62. The van der Waals surface area contributed by atoms with E-state index in [9.17, 15) is 4.39 Å². The molecule has 1 heterocycles. The second-order valence-corrected chi connectivity index (χ2v) is 3.83. The maximum atomic E-state index is 12.7. The fraction of sp³-hybridized carbons (Fsp3) is 0.364. The zero-order chi connectivity index (χ0) is 11.5. The number of ether oxygens (including phenoxy) is 1. The third-order valence-electron chi connectivity index (χ3n) is 2.77. The van der Waals surface area contributed by atoms with Gasteiger partial charge >= 0.3 is 0 Å². The molecule has 0 unspecified atom stereocenters. The topological polar surface area (TPSA) is 67.8 Å². The van der Waals surface area contributed by atoms with Crippen molar-refractivity contribution in [3.8, 4) is 0 Å². The van der Waals surface area contributed by atoms with Crippen LogP contribution < -0.4 is 5.73 Å². The summed E-state index contributed by atoms with van der Waals surface area (Å²) < 4.78 is 18.2. The normalized spacial score (nSPS) is 25.9. The molecule has 5 heteroatoms. The number of hydrogen-bond donors (Lipinski definition) is 2. The van der Waals surface area contributed by atoms with E-state index in [2.05, 4.69) is 5.16 Å². The van der Waals surface area contributed by atoms with Crippen LogP contribution >= 0.6 is 0 Å². The minimum atomic E-state index is -0.269. The Morgan fingerprint density at radius 2 is 2.12 bits per heavy atom. The fourth-order valence-corrected chi connectivity index (χ4v) is 1.82. The molecule has 0 aromatic heterocycles. The summed E-state index contributed by atoms with van der Waals surface area (Å²) in [6, 6.07) is 6.17. The first-order valence-electron chi connectivity index (χ1n) is 5.05. The monoisotopic (exact) mass is 224 g/mol. The van der Waals surface area contributed by atoms with Gasteiger partial charge in [-0.2, -0.15) is 0 Å². The van der Waals surface area contributed by atoms with Gasteiger partial charge in [0.15, 0.2) is 0 Å². The standard InChI is InChI=1S/C11H13FN2O2/c12-9-3-1-7(2-4-9)10-5-8(6-16-10)11(13)14-15/h1-4,8,10,15H,5-6H2,(H2,13,14)/t8-,10+/m0/s1. The highest BCUT2D eigenvalue weighted by molar-refractivity contribution is 5.82. The van der Waals surface area contributed by atoms with Crippen LogP contribution in [0.4, 0.5) is 4.39 Å². The van der Waals surface area contributed by atoms with Gasteiger partial charge in [0.05, 0.1) is 12.7 Å². The number of hydrogen-bond acceptors (Lipinski definition) is 3. The van der Waals surface area contributed by atoms with E-state index in [1.165, 1.54) is 12.1 Å². The summed E-state index contributed by atoms with van der Waals surface area (Å²) in [4.78, 5) is 0. The predicted molar refractivity (Wildman–Crippen MR) is 56.6 cm³/mol. The molecule has 0 bridgehead atoms. The maximum Gasteiger partial charge on any atom is 0.144 e. The van der Waals surface area contributed by atoms with E-state index in [1.807, 2.05) is 0 Å². The highest BCUT2D eigenvalue weighted by atomic mass is 19.1. The molecular weight excluding hydrogens is 211 g/mol. The smallest absolute Gasteiger partial charge is 0.144 e. The molecular formula is C11H13FN2O2. The van der Waals surface area contributed by atoms with Crippen LogP contribution in [0.15, 0.2) is 29.4 Å². The molecule has 0 aliphatic carbocycles. The average Bonchev–Trinajstić information content (AvgIpc) is 2.78. The molecule has 2 rings (SSSR count). The van der Waals surface area contributed by atoms with Crippen molar-refractivity contribution in [3.05, 3.63) is 35.6 Å². The Kier molecular flexibility index (Phi) is 3.05. The molecule has 1 saturated heterocycles. The van der Waals surface area contributed by atoms with Crippen molar-refractivity contribution in [1.82, 2.24) is 0 Å². The average molecular weight is 224 g/mol. The highest BCUT2D eigenvalue weighted by Crippen LogP contribution is 2.32. The van der Waals surface area contributed by atoms with E-state index in [-0.39, 0.29) is 23.7 Å². The van der Waals surface area contributed by atoms with Crippen molar-refractivity contribution >= 4 is 5.84 Å². The largest absolute Gasteiger partial charge is 0.409 e. The minimum Gasteiger partial charge on any atom is -0.409 e. The molecule has 1 aromatic carbocycles. The van der Waals surface area contributed by atoms with Crippen molar-refractivity contribution in [3.63, 3.8) is 0 Å². The van der Waals surface area contributed by atoms with Crippen molar-refractivity contribution < 1.29 is 14.3 Å². The Bertz CT molecular complexity index is 391. The summed E-state index contributed by atoms with van der Waals surface area (Å²) in [5.41, 5.74) is 6.41. The van der Waals surface area contributed by atoms with Gasteiger partial charge in [0, 0.05) is 5.92 Å². The molecule has 1 aromatic rings. The SMILES string of the molecule is N/C(=N\O)[C@@H]1CO[C@@H](c2ccc(F)cc2)C1. The Morgan fingerprint density at radius 1 is 1.44 bits per heavy atom. The molecule has 4 nitrogen and oxygen atoms in total. The molecule has 0 radical (unpaired) electrons. The fourth-order valence-electron chi connectivity index (χ4n) is 1.82. The molecule has 1 aliphatic rings. The predicted octanol–water partition coefficient (Wildman–Crippen LogP) is 1.65. The molecule has 1 fully saturated rings. The first-order valence-corrected chi connectivity index (χ1v) is 5.05. The van der Waals surface area contributed by atoms with Crippen LogP contribution in [0.2, 0.25) is 0 Å². The summed E-state index contributed by atoms with van der Waals surface area (Å²) in [6.45, 7) is 0.429. The van der Waals surface area contributed by atoms with Crippen LogP contribution in [0.25, 0.3) is 0 Å². The number of nitrogens with two attached hydrogens (primary N) is 1.